The molecule has 3 N–H and O–H groups in total. The van der Waals surface area contributed by atoms with Crippen LogP contribution in [0.25, 0.3) is 11.2 Å². The van der Waals surface area contributed by atoms with Gasteiger partial charge in [0.05, 0.1) is 6.33 Å². The second kappa shape index (κ2) is 6.22. The van der Waals surface area contributed by atoms with Crippen LogP contribution < -0.4 is 11.1 Å². The van der Waals surface area contributed by atoms with Gasteiger partial charge < -0.3 is 15.8 Å². The molecule has 1 fully saturated rings. The minimum atomic E-state index is -0.452. The van der Waals surface area contributed by atoms with Gasteiger partial charge in [-0.25, -0.2) is 15.0 Å². The van der Waals surface area contributed by atoms with E-state index in [0.29, 0.717) is 36.4 Å². The molecular formula is C15H18N6O2. The van der Waals surface area contributed by atoms with E-state index < -0.39 is 6.10 Å². The van der Waals surface area contributed by atoms with Crippen molar-refractivity contribution in [3.8, 4) is 11.8 Å². The number of ether oxygens (including phenoxy) is 1. The monoisotopic (exact) mass is 314 g/mol. The maximum atomic E-state index is 11.9. The summed E-state index contributed by atoms with van der Waals surface area (Å²) in [7, 11) is 0. The van der Waals surface area contributed by atoms with Gasteiger partial charge in [0.15, 0.2) is 11.5 Å². The molecule has 0 radical (unpaired) electrons. The lowest BCUT2D eigenvalue weighted by Gasteiger charge is -2.14. The number of nitrogens with one attached hydrogen (secondary N) is 1. The Bertz CT molecular complexity index is 803. The van der Waals surface area contributed by atoms with Crippen LogP contribution in [0.15, 0.2) is 6.33 Å². The molecule has 2 unspecified atom stereocenters. The molecule has 2 aromatic heterocycles. The Balaban J connectivity index is 1.91. The fourth-order valence-corrected chi connectivity index (χ4v) is 2.62. The summed E-state index contributed by atoms with van der Waals surface area (Å²) in [5.41, 5.74) is 6.99. The van der Waals surface area contributed by atoms with E-state index in [9.17, 15) is 4.79 Å². The molecule has 3 heterocycles. The van der Waals surface area contributed by atoms with Crippen LogP contribution in [0.4, 0.5) is 5.82 Å². The van der Waals surface area contributed by atoms with Crippen molar-refractivity contribution in [2.75, 3.05) is 12.3 Å². The molecule has 120 valence electrons. The van der Waals surface area contributed by atoms with Gasteiger partial charge in [-0.15, -0.1) is 0 Å². The number of hydrogen-bond donors (Lipinski definition) is 2. The van der Waals surface area contributed by atoms with Crippen molar-refractivity contribution in [3.05, 3.63) is 12.2 Å². The zero-order valence-electron chi connectivity index (χ0n) is 13.0. The number of fused-ring (bicyclic) bond motifs is 1. The Morgan fingerprint density at radius 3 is 3.09 bits per heavy atom. The minimum Gasteiger partial charge on any atom is -0.382 e. The highest BCUT2D eigenvalue weighted by Crippen LogP contribution is 2.31. The lowest BCUT2D eigenvalue weighted by atomic mass is 10.2. The van der Waals surface area contributed by atoms with Crippen LogP contribution in [-0.4, -0.2) is 38.1 Å². The molecular weight excluding hydrogens is 296 g/mol. The predicted octanol–water partition coefficient (Wildman–Crippen LogP) is 0.594. The van der Waals surface area contributed by atoms with Crippen LogP contribution in [0.2, 0.25) is 0 Å². The second-order valence-corrected chi connectivity index (χ2v) is 5.18. The molecule has 8 heteroatoms. The van der Waals surface area contributed by atoms with Crippen molar-refractivity contribution in [2.24, 2.45) is 0 Å². The second-order valence-electron chi connectivity index (χ2n) is 5.18. The van der Waals surface area contributed by atoms with Gasteiger partial charge in [-0.1, -0.05) is 5.92 Å². The van der Waals surface area contributed by atoms with E-state index in [-0.39, 0.29) is 18.0 Å². The van der Waals surface area contributed by atoms with Crippen molar-refractivity contribution in [1.29, 1.82) is 0 Å². The first-order valence-electron chi connectivity index (χ1n) is 7.50. The van der Waals surface area contributed by atoms with E-state index in [1.807, 2.05) is 6.92 Å². The summed E-state index contributed by atoms with van der Waals surface area (Å²) in [6.07, 6.45) is 2.21. The number of nitrogens with zero attached hydrogens (tertiary/aromatic N) is 4. The number of imidazole rings is 1. The van der Waals surface area contributed by atoms with E-state index >= 15 is 0 Å². The Kier molecular flexibility index (Phi) is 4.12. The number of likely N-dealkylation sites (N-methyl/N-ethyl adjacent to an activating group) is 1. The van der Waals surface area contributed by atoms with Crippen LogP contribution in [0.5, 0.6) is 0 Å². The van der Waals surface area contributed by atoms with E-state index in [1.165, 1.54) is 0 Å². The summed E-state index contributed by atoms with van der Waals surface area (Å²) in [6.45, 7) is 4.17. The Morgan fingerprint density at radius 1 is 1.52 bits per heavy atom. The summed E-state index contributed by atoms with van der Waals surface area (Å²) < 4.78 is 7.63. The molecule has 1 aliphatic heterocycles. The molecule has 2 atom stereocenters. The summed E-state index contributed by atoms with van der Waals surface area (Å²) in [5.74, 6) is 6.08. The molecule has 2 aromatic rings. The van der Waals surface area contributed by atoms with Crippen LogP contribution >= 0.6 is 0 Å². The van der Waals surface area contributed by atoms with Gasteiger partial charge in [-0.2, -0.15) is 0 Å². The van der Waals surface area contributed by atoms with Crippen LogP contribution in [0, 0.1) is 11.8 Å². The Labute approximate surface area is 133 Å². The van der Waals surface area contributed by atoms with Crippen molar-refractivity contribution in [3.63, 3.8) is 0 Å². The zero-order valence-corrected chi connectivity index (χ0v) is 13.0. The van der Waals surface area contributed by atoms with Gasteiger partial charge in [0.2, 0.25) is 11.7 Å². The Morgan fingerprint density at radius 2 is 2.35 bits per heavy atom. The number of hydrogen-bond acceptors (Lipinski definition) is 6. The molecule has 23 heavy (non-hydrogen) atoms. The number of nitrogen functional groups attached to an aromatic ring is 1. The smallest absolute Gasteiger partial charge is 0.249 e. The number of anilines is 1. The highest BCUT2D eigenvalue weighted by Gasteiger charge is 2.32. The van der Waals surface area contributed by atoms with E-state index in [4.69, 9.17) is 10.5 Å². The highest BCUT2D eigenvalue weighted by molar-refractivity contribution is 5.82. The lowest BCUT2D eigenvalue weighted by Crippen LogP contribution is -2.34. The van der Waals surface area contributed by atoms with Crippen molar-refractivity contribution in [2.45, 2.75) is 39.0 Å². The molecule has 1 amide bonds. The maximum absolute atomic E-state index is 11.9. The van der Waals surface area contributed by atoms with Crippen molar-refractivity contribution >= 4 is 22.9 Å². The summed E-state index contributed by atoms with van der Waals surface area (Å²) >= 11 is 0. The quantitative estimate of drug-likeness (QED) is 0.803. The standard InChI is InChI=1S/C15H18N6O2/c1-3-5-10-19-13(16)12-14(20-10)21(8-18-12)11-7-6-9(23-11)15(22)17-4-2/h8-9,11H,4,6-7H2,1-2H3,(H,17,22)(H2,16,19,20). The number of carbonyl (C=O) groups is 1. The third-order valence-corrected chi connectivity index (χ3v) is 3.64. The van der Waals surface area contributed by atoms with Gasteiger partial charge in [0, 0.05) is 6.54 Å². The first-order chi connectivity index (χ1) is 11.1. The predicted molar refractivity (Wildman–Crippen MR) is 84.1 cm³/mol. The van der Waals surface area contributed by atoms with Gasteiger partial charge in [0.25, 0.3) is 0 Å². The molecule has 8 nitrogen and oxygen atoms in total. The first-order valence-corrected chi connectivity index (χ1v) is 7.50. The number of aromatic nitrogens is 4. The summed E-state index contributed by atoms with van der Waals surface area (Å²) in [4.78, 5) is 24.6. The Hall–Kier alpha value is -2.66. The van der Waals surface area contributed by atoms with E-state index in [0.717, 1.165) is 0 Å². The van der Waals surface area contributed by atoms with E-state index in [2.05, 4.69) is 32.1 Å². The van der Waals surface area contributed by atoms with Crippen LogP contribution in [-0.2, 0) is 9.53 Å². The van der Waals surface area contributed by atoms with Gasteiger partial charge in [0.1, 0.15) is 17.8 Å². The molecule has 0 aromatic carbocycles. The summed E-state index contributed by atoms with van der Waals surface area (Å²) in [6, 6.07) is 0. The molecule has 1 aliphatic rings. The molecule has 1 saturated heterocycles. The third kappa shape index (κ3) is 2.83. The van der Waals surface area contributed by atoms with Gasteiger partial charge >= 0.3 is 0 Å². The normalized spacial score (nSPS) is 20.3. The van der Waals surface area contributed by atoms with Crippen LogP contribution in [0.3, 0.4) is 0 Å². The zero-order chi connectivity index (χ0) is 16.4. The number of rotatable bonds is 3. The third-order valence-electron chi connectivity index (χ3n) is 3.64. The molecule has 0 saturated carbocycles. The maximum Gasteiger partial charge on any atom is 0.249 e. The SMILES string of the molecule is CC#Cc1nc(N)c2ncn(C3CCC(C(=O)NCC)O3)c2n1. The number of carbonyl (C=O) groups excluding carboxylic acids is 1. The number of amides is 1. The molecule has 3 rings (SSSR count). The topological polar surface area (TPSA) is 108 Å². The van der Waals surface area contributed by atoms with Crippen molar-refractivity contribution in [1.82, 2.24) is 24.8 Å². The molecule has 0 aliphatic carbocycles. The van der Waals surface area contributed by atoms with Crippen molar-refractivity contribution < 1.29 is 9.53 Å². The van der Waals surface area contributed by atoms with Gasteiger partial charge in [-0.3, -0.25) is 9.36 Å². The highest BCUT2D eigenvalue weighted by atomic mass is 16.5. The molecule has 0 bridgehead atoms. The average Bonchev–Trinajstić information content (AvgIpc) is 3.14. The van der Waals surface area contributed by atoms with Crippen LogP contribution in [0.1, 0.15) is 38.7 Å². The molecule has 0 spiro atoms. The fraction of sp³-hybridized carbons (Fsp3) is 0.467. The number of nitrogens with two attached hydrogens (primary N) is 1. The largest absolute Gasteiger partial charge is 0.382 e. The minimum absolute atomic E-state index is 0.0916. The average molecular weight is 314 g/mol. The summed E-state index contributed by atoms with van der Waals surface area (Å²) in [5, 5.41) is 2.77. The lowest BCUT2D eigenvalue weighted by molar-refractivity contribution is -0.133. The first kappa shape index (κ1) is 15.2. The fourth-order valence-electron chi connectivity index (χ4n) is 2.62. The van der Waals surface area contributed by atoms with Gasteiger partial charge in [-0.05, 0) is 32.6 Å². The van der Waals surface area contributed by atoms with E-state index in [1.54, 1.807) is 17.8 Å².